The molecule has 0 spiro atoms. The number of amides is 1. The number of hydrogen-bond donors (Lipinski definition) is 0. The average molecular weight is 174 g/mol. The van der Waals surface area contributed by atoms with Crippen LogP contribution in [0.4, 0.5) is 0 Å². The molecule has 3 heteroatoms. The molecule has 0 unspecified atom stereocenters. The fourth-order valence-corrected chi connectivity index (χ4v) is 1.33. The molecule has 0 radical (unpaired) electrons. The fourth-order valence-electron chi connectivity index (χ4n) is 1.33. The molecule has 0 bridgehead atoms. The summed E-state index contributed by atoms with van der Waals surface area (Å²) < 4.78 is 0. The predicted molar refractivity (Wildman–Crippen MR) is 48.8 cm³/mol. The Balaban J connectivity index is 2.03. The van der Waals surface area contributed by atoms with E-state index in [1.165, 1.54) is 0 Å². The highest BCUT2D eigenvalue weighted by Crippen LogP contribution is 2.07. The summed E-state index contributed by atoms with van der Waals surface area (Å²) >= 11 is 0. The van der Waals surface area contributed by atoms with E-state index in [2.05, 4.69) is 4.98 Å². The lowest BCUT2D eigenvalue weighted by molar-refractivity contribution is -0.125. The molecule has 0 fully saturated rings. The number of carbonyl (C=O) groups excluding carboxylic acids is 1. The Kier molecular flexibility index (Phi) is 2.08. The van der Waals surface area contributed by atoms with Crippen LogP contribution in [-0.2, 0) is 11.3 Å². The quantitative estimate of drug-likeness (QED) is 0.669. The molecule has 2 heterocycles. The summed E-state index contributed by atoms with van der Waals surface area (Å²) in [4.78, 5) is 16.9. The number of rotatable bonds is 2. The van der Waals surface area contributed by atoms with E-state index in [-0.39, 0.29) is 5.91 Å². The molecule has 0 saturated heterocycles. The van der Waals surface area contributed by atoms with Crippen LogP contribution in [0.15, 0.2) is 36.7 Å². The van der Waals surface area contributed by atoms with Gasteiger partial charge >= 0.3 is 0 Å². The summed E-state index contributed by atoms with van der Waals surface area (Å²) in [5.41, 5.74) is 1.12. The van der Waals surface area contributed by atoms with Crippen LogP contribution in [0.5, 0.6) is 0 Å². The van der Waals surface area contributed by atoms with Crippen LogP contribution in [0.1, 0.15) is 5.56 Å². The van der Waals surface area contributed by atoms with Crippen molar-refractivity contribution in [2.45, 2.75) is 6.54 Å². The van der Waals surface area contributed by atoms with Gasteiger partial charge < -0.3 is 4.90 Å². The standard InChI is InChI=1S/C10H10N2O/c13-10-2-1-7-12(10)8-9-3-5-11-6-4-9/h1-6H,7-8H2. The molecule has 0 N–H and O–H groups in total. The van der Waals surface area contributed by atoms with E-state index in [1.54, 1.807) is 23.4 Å². The first-order valence-corrected chi connectivity index (χ1v) is 4.20. The number of aromatic nitrogens is 1. The topological polar surface area (TPSA) is 33.2 Å². The van der Waals surface area contributed by atoms with Gasteiger partial charge in [0.25, 0.3) is 0 Å². The van der Waals surface area contributed by atoms with E-state index in [0.717, 1.165) is 12.1 Å². The van der Waals surface area contributed by atoms with Crippen molar-refractivity contribution >= 4 is 5.91 Å². The summed E-state index contributed by atoms with van der Waals surface area (Å²) in [5.74, 6) is 0.0943. The lowest BCUT2D eigenvalue weighted by atomic mass is 10.2. The molecule has 1 aromatic heterocycles. The number of hydrogen-bond acceptors (Lipinski definition) is 2. The van der Waals surface area contributed by atoms with Crippen LogP contribution in [0, 0.1) is 0 Å². The van der Waals surface area contributed by atoms with E-state index in [0.29, 0.717) is 6.54 Å². The van der Waals surface area contributed by atoms with E-state index >= 15 is 0 Å². The molecule has 0 aliphatic carbocycles. The van der Waals surface area contributed by atoms with Crippen LogP contribution in [-0.4, -0.2) is 22.3 Å². The van der Waals surface area contributed by atoms with Gasteiger partial charge in [0, 0.05) is 31.6 Å². The number of pyridine rings is 1. The Labute approximate surface area is 76.7 Å². The minimum absolute atomic E-state index is 0.0943. The van der Waals surface area contributed by atoms with Gasteiger partial charge in [0.05, 0.1) is 0 Å². The summed E-state index contributed by atoms with van der Waals surface area (Å²) in [7, 11) is 0. The Bertz CT molecular complexity index is 332. The van der Waals surface area contributed by atoms with Gasteiger partial charge in [-0.1, -0.05) is 6.08 Å². The summed E-state index contributed by atoms with van der Waals surface area (Å²) in [6.45, 7) is 1.40. The summed E-state index contributed by atoms with van der Waals surface area (Å²) in [6.07, 6.45) is 6.97. The Morgan fingerprint density at radius 3 is 2.77 bits per heavy atom. The first-order valence-electron chi connectivity index (χ1n) is 4.20. The van der Waals surface area contributed by atoms with Gasteiger partial charge in [-0.3, -0.25) is 9.78 Å². The molecule has 1 aliphatic heterocycles. The van der Waals surface area contributed by atoms with Gasteiger partial charge in [-0.2, -0.15) is 0 Å². The molecular formula is C10H10N2O. The SMILES string of the molecule is O=C1C=CCN1Cc1ccncc1. The van der Waals surface area contributed by atoms with Crippen molar-refractivity contribution in [1.82, 2.24) is 9.88 Å². The van der Waals surface area contributed by atoms with Gasteiger partial charge in [0.15, 0.2) is 0 Å². The lowest BCUT2D eigenvalue weighted by Crippen LogP contribution is -2.24. The molecule has 0 atom stereocenters. The normalized spacial score (nSPS) is 15.4. The highest BCUT2D eigenvalue weighted by molar-refractivity contribution is 5.89. The van der Waals surface area contributed by atoms with Gasteiger partial charge in [0.2, 0.25) is 5.91 Å². The molecular weight excluding hydrogens is 164 g/mol. The minimum atomic E-state index is 0.0943. The Morgan fingerprint density at radius 2 is 2.15 bits per heavy atom. The second-order valence-electron chi connectivity index (χ2n) is 2.98. The monoisotopic (exact) mass is 174 g/mol. The van der Waals surface area contributed by atoms with E-state index in [1.807, 2.05) is 18.2 Å². The second-order valence-corrected chi connectivity index (χ2v) is 2.98. The molecule has 2 rings (SSSR count). The molecule has 1 amide bonds. The molecule has 1 aliphatic rings. The number of carbonyl (C=O) groups is 1. The third-order valence-electron chi connectivity index (χ3n) is 2.02. The molecule has 13 heavy (non-hydrogen) atoms. The van der Waals surface area contributed by atoms with Crippen molar-refractivity contribution in [2.75, 3.05) is 6.54 Å². The molecule has 0 aromatic carbocycles. The largest absolute Gasteiger partial charge is 0.331 e. The van der Waals surface area contributed by atoms with E-state index in [4.69, 9.17) is 0 Å². The van der Waals surface area contributed by atoms with Crippen molar-refractivity contribution in [3.63, 3.8) is 0 Å². The third kappa shape index (κ3) is 1.75. The lowest BCUT2D eigenvalue weighted by Gasteiger charge is -2.14. The zero-order chi connectivity index (χ0) is 9.10. The zero-order valence-corrected chi connectivity index (χ0v) is 7.18. The van der Waals surface area contributed by atoms with Gasteiger partial charge in [-0.15, -0.1) is 0 Å². The van der Waals surface area contributed by atoms with E-state index < -0.39 is 0 Å². The van der Waals surface area contributed by atoms with Crippen molar-refractivity contribution in [2.24, 2.45) is 0 Å². The summed E-state index contributed by atoms with van der Waals surface area (Å²) in [6, 6.07) is 3.84. The zero-order valence-electron chi connectivity index (χ0n) is 7.18. The molecule has 3 nitrogen and oxygen atoms in total. The van der Waals surface area contributed by atoms with Crippen molar-refractivity contribution in [3.8, 4) is 0 Å². The van der Waals surface area contributed by atoms with Crippen LogP contribution in [0.25, 0.3) is 0 Å². The fraction of sp³-hybridized carbons (Fsp3) is 0.200. The van der Waals surface area contributed by atoms with Gasteiger partial charge in [0.1, 0.15) is 0 Å². The van der Waals surface area contributed by atoms with Crippen molar-refractivity contribution < 1.29 is 4.79 Å². The Morgan fingerprint density at radius 1 is 1.38 bits per heavy atom. The van der Waals surface area contributed by atoms with Gasteiger partial charge in [-0.25, -0.2) is 0 Å². The Hall–Kier alpha value is -1.64. The molecule has 0 saturated carbocycles. The van der Waals surface area contributed by atoms with Crippen LogP contribution < -0.4 is 0 Å². The minimum Gasteiger partial charge on any atom is -0.331 e. The first kappa shape index (κ1) is 7.98. The highest BCUT2D eigenvalue weighted by atomic mass is 16.2. The van der Waals surface area contributed by atoms with Crippen molar-refractivity contribution in [3.05, 3.63) is 42.2 Å². The maximum Gasteiger partial charge on any atom is 0.246 e. The van der Waals surface area contributed by atoms with Gasteiger partial charge in [-0.05, 0) is 17.7 Å². The highest BCUT2D eigenvalue weighted by Gasteiger charge is 2.13. The average Bonchev–Trinajstić information content (AvgIpc) is 2.54. The predicted octanol–water partition coefficient (Wildman–Crippen LogP) is 0.980. The van der Waals surface area contributed by atoms with Crippen molar-refractivity contribution in [1.29, 1.82) is 0 Å². The van der Waals surface area contributed by atoms with Crippen LogP contribution in [0.3, 0.4) is 0 Å². The first-order chi connectivity index (χ1) is 6.36. The smallest absolute Gasteiger partial charge is 0.246 e. The maximum atomic E-state index is 11.2. The van der Waals surface area contributed by atoms with Crippen LogP contribution in [0.2, 0.25) is 0 Å². The van der Waals surface area contributed by atoms with Crippen LogP contribution >= 0.6 is 0 Å². The second kappa shape index (κ2) is 3.39. The molecule has 66 valence electrons. The summed E-state index contributed by atoms with van der Waals surface area (Å²) in [5, 5.41) is 0. The molecule has 1 aromatic rings. The number of nitrogens with zero attached hydrogens (tertiary/aromatic N) is 2. The maximum absolute atomic E-state index is 11.2. The van der Waals surface area contributed by atoms with E-state index in [9.17, 15) is 4.79 Å². The third-order valence-corrected chi connectivity index (χ3v) is 2.02.